The number of nitrogens with zero attached hydrogens (tertiary/aromatic N) is 4. The third kappa shape index (κ3) is 6.35. The smallest absolute Gasteiger partial charge is 1.00 e. The number of rotatable bonds is 0. The zero-order valence-corrected chi connectivity index (χ0v) is 18.2. The Balaban J connectivity index is -0.000000320. The minimum atomic E-state index is -3.88. The van der Waals surface area contributed by atoms with Crippen LogP contribution in [-0.4, -0.2) is 0 Å². The Morgan fingerprint density at radius 1 is 0.636 bits per heavy atom. The number of hydrogen-bond acceptors (Lipinski definition) is 4. The van der Waals surface area contributed by atoms with Crippen molar-refractivity contribution in [1.82, 2.24) is 0 Å². The summed E-state index contributed by atoms with van der Waals surface area (Å²) in [6.07, 6.45) is 0. The molecular weight excluding hydrogens is 470 g/mol. The van der Waals surface area contributed by atoms with Crippen LogP contribution in [0.2, 0.25) is 0 Å². The fraction of sp³-hybridized carbons (Fsp3) is 0. The fourth-order valence-electron chi connectivity index (χ4n) is 0.0949. The van der Waals surface area contributed by atoms with Crippen LogP contribution in [0.25, 0.3) is 0 Å². The minimum absolute atomic E-state index is 0. The van der Waals surface area contributed by atoms with E-state index in [1.165, 1.54) is 17.8 Å². The van der Waals surface area contributed by atoms with Gasteiger partial charge < -0.3 is 0 Å². The molecule has 0 saturated heterocycles. The first kappa shape index (κ1) is 18.9. The summed E-state index contributed by atoms with van der Waals surface area (Å²) in [4.78, 5) is 0. The van der Waals surface area contributed by atoms with Crippen LogP contribution >= 0.6 is 0 Å². The normalized spacial score (nSPS) is 7.64. The third-order valence-corrected chi connectivity index (χ3v) is 3.47. The van der Waals surface area contributed by atoms with Crippen molar-refractivity contribution in [3.8, 4) is 17.8 Å². The molecule has 0 spiro atoms. The standard InChI is InChI=1S/4CN.Pt.2Rb/c4*1-2;;;/q;;;;-2;2*+1. The molecule has 11 heavy (non-hydrogen) atoms. The van der Waals surface area contributed by atoms with E-state index in [0.717, 1.165) is 0 Å². The summed E-state index contributed by atoms with van der Waals surface area (Å²) in [5.74, 6) is 0. The molecule has 0 aromatic rings. The van der Waals surface area contributed by atoms with E-state index in [-0.39, 0.29) is 116 Å². The van der Waals surface area contributed by atoms with E-state index in [2.05, 4.69) is 0 Å². The fourth-order valence-corrected chi connectivity index (χ4v) is 0.777. The maximum atomic E-state index is 8.14. The Labute approximate surface area is 166 Å². The molecule has 0 heterocycles. The van der Waals surface area contributed by atoms with Gasteiger partial charge in [0.15, 0.2) is 0 Å². The molecule has 0 aliphatic carbocycles. The number of nitriles is 4. The maximum Gasteiger partial charge on any atom is 1.00 e. The monoisotopic (exact) mass is 469 g/mol. The minimum Gasteiger partial charge on any atom is 1.00 e. The van der Waals surface area contributed by atoms with Crippen LogP contribution in [0.3, 0.4) is 0 Å². The summed E-state index contributed by atoms with van der Waals surface area (Å²) in [7, 11) is 0. The average molecular weight is 470 g/mol. The van der Waals surface area contributed by atoms with Gasteiger partial charge in [0, 0.05) is 0 Å². The van der Waals surface area contributed by atoms with E-state index in [9.17, 15) is 0 Å². The van der Waals surface area contributed by atoms with E-state index in [4.69, 9.17) is 21.0 Å². The van der Waals surface area contributed by atoms with Gasteiger partial charge in [0.2, 0.25) is 0 Å². The first-order valence-corrected chi connectivity index (χ1v) is 6.07. The molecule has 0 aliphatic heterocycles. The Kier molecular flexibility index (Phi) is 17.8. The second kappa shape index (κ2) is 10.3. The van der Waals surface area contributed by atoms with Gasteiger partial charge >= 0.3 is 171 Å². The number of hydrogen-bond donors (Lipinski definition) is 0. The van der Waals surface area contributed by atoms with Crippen molar-refractivity contribution in [2.24, 2.45) is 0 Å². The van der Waals surface area contributed by atoms with Crippen molar-refractivity contribution in [1.29, 1.82) is 21.0 Å². The SMILES string of the molecule is N#[C][Pt-2]([C]#N)([C]#N)[C]#N.[Rb+].[Rb+]. The van der Waals surface area contributed by atoms with Crippen molar-refractivity contribution < 1.29 is 132 Å². The van der Waals surface area contributed by atoms with Crippen LogP contribution in [0.5, 0.6) is 0 Å². The molecule has 0 amide bonds. The van der Waals surface area contributed by atoms with Gasteiger partial charge in [0.1, 0.15) is 0 Å². The van der Waals surface area contributed by atoms with Crippen molar-refractivity contribution in [3.05, 3.63) is 0 Å². The van der Waals surface area contributed by atoms with Crippen molar-refractivity contribution in [3.63, 3.8) is 0 Å². The second-order valence-electron chi connectivity index (χ2n) is 0.757. The molecule has 0 aromatic heterocycles. The topological polar surface area (TPSA) is 95.2 Å². The van der Waals surface area contributed by atoms with Gasteiger partial charge in [-0.15, -0.1) is 0 Å². The Morgan fingerprint density at radius 2 is 0.818 bits per heavy atom. The molecule has 0 N–H and O–H groups in total. The van der Waals surface area contributed by atoms with Gasteiger partial charge in [0.25, 0.3) is 0 Å². The van der Waals surface area contributed by atoms with Crippen molar-refractivity contribution >= 4 is 0 Å². The van der Waals surface area contributed by atoms with E-state index in [0.29, 0.717) is 0 Å². The summed E-state index contributed by atoms with van der Waals surface area (Å²) in [6, 6.07) is 0. The predicted molar refractivity (Wildman–Crippen MR) is 22.5 cm³/mol. The molecule has 0 fully saturated rings. The van der Waals surface area contributed by atoms with E-state index >= 15 is 0 Å². The maximum absolute atomic E-state index is 8.14. The molecule has 0 aliphatic rings. The third-order valence-electron chi connectivity index (χ3n) is 0.424. The van der Waals surface area contributed by atoms with Gasteiger partial charge in [-0.1, -0.05) is 0 Å². The Bertz CT molecular complexity index is 213. The predicted octanol–water partition coefficient (Wildman–Crippen LogP) is -5.93. The largest absolute Gasteiger partial charge is 1.00 e. The second-order valence-corrected chi connectivity index (χ2v) is 6.20. The average Bonchev–Trinajstić information content (AvgIpc) is 1.95. The Hall–Kier alpha value is 2.26. The van der Waals surface area contributed by atoms with E-state index in [1.807, 2.05) is 0 Å². The van der Waals surface area contributed by atoms with Crippen LogP contribution in [0, 0.1) is 38.9 Å². The zero-order chi connectivity index (χ0) is 7.33. The molecule has 7 heteroatoms. The molecule has 0 unspecified atom stereocenters. The van der Waals surface area contributed by atoms with Gasteiger partial charge in [-0.25, -0.2) is 0 Å². The summed E-state index contributed by atoms with van der Waals surface area (Å²) >= 11 is -3.88. The molecule has 0 aromatic carbocycles. The molecule has 0 radical (unpaired) electrons. The molecule has 0 bridgehead atoms. The summed E-state index contributed by atoms with van der Waals surface area (Å²) in [6.45, 7) is 0. The van der Waals surface area contributed by atoms with Crippen molar-refractivity contribution in [2.75, 3.05) is 0 Å². The first-order chi connectivity index (χ1) is 4.24. The molecule has 48 valence electrons. The molecule has 0 saturated carbocycles. The van der Waals surface area contributed by atoms with Crippen LogP contribution in [0.4, 0.5) is 0 Å². The van der Waals surface area contributed by atoms with Crippen LogP contribution in [-0.2, 0) is 16.1 Å². The summed E-state index contributed by atoms with van der Waals surface area (Å²) in [5.41, 5.74) is 0. The molecule has 4 nitrogen and oxygen atoms in total. The van der Waals surface area contributed by atoms with Gasteiger partial charge in [-0.3, -0.25) is 0 Å². The van der Waals surface area contributed by atoms with Gasteiger partial charge in [-0.05, 0) is 0 Å². The van der Waals surface area contributed by atoms with Crippen LogP contribution in [0.1, 0.15) is 0 Å². The summed E-state index contributed by atoms with van der Waals surface area (Å²) in [5, 5.41) is 32.6. The Morgan fingerprint density at radius 3 is 0.818 bits per heavy atom. The van der Waals surface area contributed by atoms with E-state index in [1.54, 1.807) is 0 Å². The van der Waals surface area contributed by atoms with Crippen LogP contribution in [0.15, 0.2) is 0 Å². The van der Waals surface area contributed by atoms with E-state index < -0.39 is 16.1 Å². The summed E-state index contributed by atoms with van der Waals surface area (Å²) < 4.78 is 5.85. The van der Waals surface area contributed by atoms with Gasteiger partial charge in [-0.2, -0.15) is 0 Å². The quantitative estimate of drug-likeness (QED) is 0.353. The van der Waals surface area contributed by atoms with Crippen molar-refractivity contribution in [2.45, 2.75) is 0 Å². The zero-order valence-electron chi connectivity index (χ0n) is 6.11. The molecule has 0 rings (SSSR count). The molecule has 0 atom stereocenters. The van der Waals surface area contributed by atoms with Gasteiger partial charge in [0.05, 0.1) is 0 Å². The van der Waals surface area contributed by atoms with Crippen LogP contribution < -0.4 is 116 Å². The first-order valence-electron chi connectivity index (χ1n) is 1.53. The molecular formula is C4N4PtRb2.